The van der Waals surface area contributed by atoms with Crippen LogP contribution in [0.5, 0.6) is 0 Å². The topological polar surface area (TPSA) is 55.1 Å². The summed E-state index contributed by atoms with van der Waals surface area (Å²) in [5, 5.41) is 3.97. The highest BCUT2D eigenvalue weighted by molar-refractivity contribution is 6.42. The van der Waals surface area contributed by atoms with Crippen molar-refractivity contribution >= 4 is 29.1 Å². The van der Waals surface area contributed by atoms with Crippen molar-refractivity contribution in [3.05, 3.63) is 33.8 Å². The maximum Gasteiger partial charge on any atom is 0.240 e. The molecule has 3 N–H and O–H groups in total. The molecule has 1 aliphatic carbocycles. The maximum atomic E-state index is 11.8. The summed E-state index contributed by atoms with van der Waals surface area (Å²) in [6, 6.07) is 5.54. The van der Waals surface area contributed by atoms with Crippen LogP contribution in [0.15, 0.2) is 18.2 Å². The Morgan fingerprint density at radius 3 is 2.53 bits per heavy atom. The zero-order chi connectivity index (χ0) is 14.3. The molecule has 1 aromatic rings. The van der Waals surface area contributed by atoms with Crippen molar-refractivity contribution < 1.29 is 4.79 Å². The number of nitrogens with two attached hydrogens (primary N) is 1. The van der Waals surface area contributed by atoms with Crippen molar-refractivity contribution in [2.75, 3.05) is 6.54 Å². The Labute approximate surface area is 123 Å². The molecule has 0 atom stereocenters. The summed E-state index contributed by atoms with van der Waals surface area (Å²) >= 11 is 11.9. The van der Waals surface area contributed by atoms with E-state index in [-0.39, 0.29) is 11.3 Å². The third-order valence-corrected chi connectivity index (χ3v) is 4.37. The maximum absolute atomic E-state index is 11.8. The van der Waals surface area contributed by atoms with Crippen LogP contribution in [0, 0.1) is 0 Å². The van der Waals surface area contributed by atoms with Gasteiger partial charge in [0.2, 0.25) is 5.91 Å². The molecule has 0 unspecified atom stereocenters. The van der Waals surface area contributed by atoms with Crippen LogP contribution in [0.4, 0.5) is 0 Å². The molecule has 0 aliphatic heterocycles. The molecular formula is C14H18Cl2N2O. The fourth-order valence-electron chi connectivity index (χ4n) is 1.86. The first-order chi connectivity index (χ1) is 8.74. The van der Waals surface area contributed by atoms with Crippen LogP contribution in [-0.4, -0.2) is 18.0 Å². The van der Waals surface area contributed by atoms with Crippen molar-refractivity contribution in [1.29, 1.82) is 0 Å². The molecule has 0 radical (unpaired) electrons. The minimum Gasteiger partial charge on any atom is -0.354 e. The van der Waals surface area contributed by atoms with E-state index in [0.717, 1.165) is 18.4 Å². The molecule has 1 fully saturated rings. The van der Waals surface area contributed by atoms with Gasteiger partial charge in [0, 0.05) is 12.0 Å². The quantitative estimate of drug-likeness (QED) is 0.898. The minimum atomic E-state index is -0.631. The Morgan fingerprint density at radius 2 is 2.00 bits per heavy atom. The Morgan fingerprint density at radius 1 is 1.37 bits per heavy atom. The first kappa shape index (κ1) is 14.6. The predicted octanol–water partition coefficient (Wildman–Crippen LogP) is 2.88. The van der Waals surface area contributed by atoms with Gasteiger partial charge in [-0.15, -0.1) is 0 Å². The average Bonchev–Trinajstić information content (AvgIpc) is 3.09. The highest BCUT2D eigenvalue weighted by Crippen LogP contribution is 2.33. The van der Waals surface area contributed by atoms with Gasteiger partial charge in [0.15, 0.2) is 0 Å². The van der Waals surface area contributed by atoms with E-state index in [0.29, 0.717) is 16.6 Å². The van der Waals surface area contributed by atoms with Crippen LogP contribution in [0.2, 0.25) is 10.0 Å². The molecule has 1 saturated carbocycles. The smallest absolute Gasteiger partial charge is 0.240 e. The first-order valence-corrected chi connectivity index (χ1v) is 7.03. The highest BCUT2D eigenvalue weighted by atomic mass is 35.5. The van der Waals surface area contributed by atoms with Gasteiger partial charge in [-0.2, -0.15) is 0 Å². The monoisotopic (exact) mass is 300 g/mol. The number of benzene rings is 1. The summed E-state index contributed by atoms with van der Waals surface area (Å²) in [4.78, 5) is 11.8. The van der Waals surface area contributed by atoms with Crippen LogP contribution in [-0.2, 0) is 10.2 Å². The second-order valence-electron chi connectivity index (χ2n) is 5.85. The van der Waals surface area contributed by atoms with Crippen molar-refractivity contribution in [3.8, 4) is 0 Å². The molecular weight excluding hydrogens is 283 g/mol. The van der Waals surface area contributed by atoms with Gasteiger partial charge in [0.1, 0.15) is 0 Å². The number of rotatable bonds is 4. The zero-order valence-electron chi connectivity index (χ0n) is 11.1. The van der Waals surface area contributed by atoms with Crippen LogP contribution < -0.4 is 11.1 Å². The first-order valence-electron chi connectivity index (χ1n) is 6.27. The molecule has 0 heterocycles. The van der Waals surface area contributed by atoms with Crippen LogP contribution in [0.25, 0.3) is 0 Å². The molecule has 104 valence electrons. The van der Waals surface area contributed by atoms with E-state index in [1.54, 1.807) is 6.07 Å². The van der Waals surface area contributed by atoms with E-state index in [9.17, 15) is 4.79 Å². The standard InChI is InChI=1S/C14H18Cl2N2O/c1-13(2,8-18-12(19)14(17)5-6-14)9-3-4-10(15)11(16)7-9/h3-4,7H,5-6,8,17H2,1-2H3,(H,18,19). The zero-order valence-corrected chi connectivity index (χ0v) is 12.6. The minimum absolute atomic E-state index is 0.0689. The second kappa shape index (κ2) is 4.97. The number of hydrogen-bond donors (Lipinski definition) is 2. The van der Waals surface area contributed by atoms with Gasteiger partial charge in [-0.25, -0.2) is 0 Å². The summed E-state index contributed by atoms with van der Waals surface area (Å²) in [5.41, 5.74) is 6.02. The van der Waals surface area contributed by atoms with Crippen molar-refractivity contribution in [3.63, 3.8) is 0 Å². The Hall–Kier alpha value is -0.770. The Bertz CT molecular complexity index is 510. The number of halogens is 2. The number of amides is 1. The number of hydrogen-bond acceptors (Lipinski definition) is 2. The van der Waals surface area contributed by atoms with E-state index in [2.05, 4.69) is 5.32 Å². The molecule has 0 saturated heterocycles. The molecule has 0 bridgehead atoms. The van der Waals surface area contributed by atoms with Gasteiger partial charge < -0.3 is 11.1 Å². The van der Waals surface area contributed by atoms with Crippen molar-refractivity contribution in [2.24, 2.45) is 5.73 Å². The van der Waals surface area contributed by atoms with Crippen LogP contribution in [0.3, 0.4) is 0 Å². The fourth-order valence-corrected chi connectivity index (χ4v) is 2.16. The van der Waals surface area contributed by atoms with Crippen molar-refractivity contribution in [2.45, 2.75) is 37.6 Å². The van der Waals surface area contributed by atoms with Gasteiger partial charge in [-0.1, -0.05) is 43.1 Å². The number of nitrogens with one attached hydrogen (secondary N) is 1. The third kappa shape index (κ3) is 3.22. The molecule has 19 heavy (non-hydrogen) atoms. The lowest BCUT2D eigenvalue weighted by molar-refractivity contribution is -0.123. The molecule has 2 rings (SSSR count). The molecule has 1 amide bonds. The number of carbonyl (C=O) groups excluding carboxylic acids is 1. The predicted molar refractivity (Wildman–Crippen MR) is 78.7 cm³/mol. The van der Waals surface area contributed by atoms with Crippen molar-refractivity contribution in [1.82, 2.24) is 5.32 Å². The molecule has 3 nitrogen and oxygen atoms in total. The van der Waals surface area contributed by atoms with Crippen LogP contribution >= 0.6 is 23.2 Å². The lowest BCUT2D eigenvalue weighted by atomic mass is 9.84. The summed E-state index contributed by atoms with van der Waals surface area (Å²) in [5.74, 6) is -0.0689. The van der Waals surface area contributed by atoms with E-state index in [1.165, 1.54) is 0 Å². The molecule has 0 aromatic heterocycles. The van der Waals surface area contributed by atoms with E-state index >= 15 is 0 Å². The Balaban J connectivity index is 2.04. The second-order valence-corrected chi connectivity index (χ2v) is 6.67. The Kier molecular flexibility index (Phi) is 3.83. The van der Waals surface area contributed by atoms with Gasteiger partial charge in [-0.05, 0) is 30.5 Å². The average molecular weight is 301 g/mol. The molecule has 1 aliphatic rings. The summed E-state index contributed by atoms with van der Waals surface area (Å²) in [6.45, 7) is 4.61. The van der Waals surface area contributed by atoms with Gasteiger partial charge in [0.05, 0.1) is 15.6 Å². The lowest BCUT2D eigenvalue weighted by Gasteiger charge is -2.26. The summed E-state index contributed by atoms with van der Waals surface area (Å²) in [6.07, 6.45) is 1.54. The van der Waals surface area contributed by atoms with Crippen LogP contribution in [0.1, 0.15) is 32.3 Å². The summed E-state index contributed by atoms with van der Waals surface area (Å²) in [7, 11) is 0. The molecule has 1 aromatic carbocycles. The summed E-state index contributed by atoms with van der Waals surface area (Å²) < 4.78 is 0. The molecule has 0 spiro atoms. The van der Waals surface area contributed by atoms with E-state index in [1.807, 2.05) is 26.0 Å². The normalized spacial score (nSPS) is 17.1. The third-order valence-electron chi connectivity index (χ3n) is 3.63. The SMILES string of the molecule is CC(C)(CNC(=O)C1(N)CC1)c1ccc(Cl)c(Cl)c1. The molecule has 5 heteroatoms. The van der Waals surface area contributed by atoms with Gasteiger partial charge in [0.25, 0.3) is 0 Å². The largest absolute Gasteiger partial charge is 0.354 e. The highest BCUT2D eigenvalue weighted by Gasteiger charge is 2.46. The lowest BCUT2D eigenvalue weighted by Crippen LogP contribution is -2.46. The van der Waals surface area contributed by atoms with Gasteiger partial charge in [-0.3, -0.25) is 4.79 Å². The van der Waals surface area contributed by atoms with E-state index < -0.39 is 5.54 Å². The fraction of sp³-hybridized carbons (Fsp3) is 0.500. The van der Waals surface area contributed by atoms with Gasteiger partial charge >= 0.3 is 0 Å². The van der Waals surface area contributed by atoms with E-state index in [4.69, 9.17) is 28.9 Å². The number of carbonyl (C=O) groups is 1.